The highest BCUT2D eigenvalue weighted by Gasteiger charge is 2.31. The Morgan fingerprint density at radius 2 is 2.10 bits per heavy atom. The van der Waals surface area contributed by atoms with Gasteiger partial charge in [-0.1, -0.05) is 24.4 Å². The molecule has 1 aromatic rings. The third-order valence-electron chi connectivity index (χ3n) is 3.88. The van der Waals surface area contributed by atoms with Crippen LogP contribution in [0, 0.1) is 6.92 Å². The molecule has 1 aliphatic carbocycles. The zero-order valence-electron chi connectivity index (χ0n) is 12.5. The lowest BCUT2D eigenvalue weighted by atomic mass is 9.95. The highest BCUT2D eigenvalue weighted by molar-refractivity contribution is 7.92. The maximum absolute atomic E-state index is 12.2. The van der Waals surface area contributed by atoms with Gasteiger partial charge in [-0.05, 0) is 26.7 Å². The smallest absolute Gasteiger partial charge is 0.238 e. The zero-order chi connectivity index (χ0) is 15.5. The van der Waals surface area contributed by atoms with E-state index in [4.69, 9.17) is 4.52 Å². The van der Waals surface area contributed by atoms with Crippen LogP contribution in [0.3, 0.4) is 0 Å². The van der Waals surface area contributed by atoms with Crippen molar-refractivity contribution in [2.45, 2.75) is 63.0 Å². The molecule has 0 radical (unpaired) electrons. The van der Waals surface area contributed by atoms with Crippen LogP contribution in [0.15, 0.2) is 10.6 Å². The Labute approximate surface area is 125 Å². The highest BCUT2D eigenvalue weighted by atomic mass is 32.2. The first kappa shape index (κ1) is 16.0. The minimum absolute atomic E-state index is 0.108. The van der Waals surface area contributed by atoms with Gasteiger partial charge in [-0.3, -0.25) is 4.79 Å². The van der Waals surface area contributed by atoms with Crippen LogP contribution in [-0.4, -0.2) is 30.8 Å². The lowest BCUT2D eigenvalue weighted by Gasteiger charge is -2.24. The number of nitrogens with one attached hydrogen (secondary N) is 1. The number of nitrogens with zero attached hydrogens (tertiary/aromatic N) is 1. The number of hydrogen-bond acceptors (Lipinski definition) is 5. The van der Waals surface area contributed by atoms with Gasteiger partial charge in [-0.25, -0.2) is 8.42 Å². The Balaban J connectivity index is 1.96. The number of carbonyl (C=O) groups excluding carboxylic acids is 1. The van der Waals surface area contributed by atoms with Gasteiger partial charge < -0.3 is 9.84 Å². The zero-order valence-corrected chi connectivity index (χ0v) is 13.3. The SMILES string of the molecule is Cc1cc(CS(=O)(=O)C(C)C(=O)NC2CCCCC2)on1. The number of rotatable bonds is 5. The molecule has 1 fully saturated rings. The third-order valence-corrected chi connectivity index (χ3v) is 5.86. The average Bonchev–Trinajstić information content (AvgIpc) is 2.83. The molecule has 1 N–H and O–H groups in total. The molecule has 1 atom stereocenters. The molecule has 0 spiro atoms. The summed E-state index contributed by atoms with van der Waals surface area (Å²) in [6, 6.07) is 1.68. The van der Waals surface area contributed by atoms with Crippen LogP contribution in [0.5, 0.6) is 0 Å². The predicted molar refractivity (Wildman–Crippen MR) is 78.3 cm³/mol. The van der Waals surface area contributed by atoms with E-state index in [1.165, 1.54) is 13.3 Å². The van der Waals surface area contributed by atoms with E-state index in [0.717, 1.165) is 25.7 Å². The molecule has 1 heterocycles. The largest absolute Gasteiger partial charge is 0.360 e. The maximum Gasteiger partial charge on any atom is 0.238 e. The molecule has 118 valence electrons. The Morgan fingerprint density at radius 3 is 2.67 bits per heavy atom. The quantitative estimate of drug-likeness (QED) is 0.894. The predicted octanol–water partition coefficient (Wildman–Crippen LogP) is 1.74. The van der Waals surface area contributed by atoms with Crippen molar-refractivity contribution in [3.05, 3.63) is 17.5 Å². The molecule has 1 amide bonds. The first-order valence-corrected chi connectivity index (χ1v) is 9.04. The summed E-state index contributed by atoms with van der Waals surface area (Å²) in [7, 11) is -3.60. The van der Waals surface area contributed by atoms with Crippen LogP contribution in [0.1, 0.15) is 50.5 Å². The summed E-state index contributed by atoms with van der Waals surface area (Å²) in [6.45, 7) is 3.15. The summed E-state index contributed by atoms with van der Waals surface area (Å²) in [6.07, 6.45) is 5.22. The Morgan fingerprint density at radius 1 is 1.43 bits per heavy atom. The standard InChI is InChI=1S/C14H22N2O4S/c1-10-8-13(20-16-10)9-21(18,19)11(2)14(17)15-12-6-4-3-5-7-12/h8,11-12H,3-7,9H2,1-2H3,(H,15,17). The Bertz CT molecular complexity index is 588. The van der Waals surface area contributed by atoms with Crippen molar-refractivity contribution in [1.29, 1.82) is 0 Å². The van der Waals surface area contributed by atoms with Crippen LogP contribution in [0.4, 0.5) is 0 Å². The van der Waals surface area contributed by atoms with Gasteiger partial charge in [0.25, 0.3) is 0 Å². The maximum atomic E-state index is 12.2. The fourth-order valence-corrected chi connectivity index (χ4v) is 3.71. The molecule has 1 aliphatic rings. The Hall–Kier alpha value is -1.37. The number of aromatic nitrogens is 1. The molecule has 0 bridgehead atoms. The lowest BCUT2D eigenvalue weighted by molar-refractivity contribution is -0.121. The first-order valence-electron chi connectivity index (χ1n) is 7.32. The van der Waals surface area contributed by atoms with Crippen LogP contribution >= 0.6 is 0 Å². The summed E-state index contributed by atoms with van der Waals surface area (Å²) < 4.78 is 29.4. The van der Waals surface area contributed by atoms with Crippen LogP contribution in [0.25, 0.3) is 0 Å². The summed E-state index contributed by atoms with van der Waals surface area (Å²) in [5.41, 5.74) is 0.625. The monoisotopic (exact) mass is 314 g/mol. The fourth-order valence-electron chi connectivity index (χ4n) is 2.54. The van der Waals surface area contributed by atoms with Crippen molar-refractivity contribution in [3.63, 3.8) is 0 Å². The van der Waals surface area contributed by atoms with E-state index in [9.17, 15) is 13.2 Å². The summed E-state index contributed by atoms with van der Waals surface area (Å²) in [4.78, 5) is 12.1. The van der Waals surface area contributed by atoms with E-state index in [-0.39, 0.29) is 17.6 Å². The van der Waals surface area contributed by atoms with Gasteiger partial charge in [0, 0.05) is 12.1 Å². The minimum atomic E-state index is -3.60. The number of hydrogen-bond donors (Lipinski definition) is 1. The van der Waals surface area contributed by atoms with Crippen molar-refractivity contribution in [2.75, 3.05) is 0 Å². The second-order valence-corrected chi connectivity index (χ2v) is 8.05. The van der Waals surface area contributed by atoms with E-state index in [0.29, 0.717) is 5.69 Å². The van der Waals surface area contributed by atoms with Crippen LogP contribution < -0.4 is 5.32 Å². The number of sulfone groups is 1. The van der Waals surface area contributed by atoms with E-state index in [2.05, 4.69) is 10.5 Å². The number of amides is 1. The Kier molecular flexibility index (Phi) is 5.03. The van der Waals surface area contributed by atoms with Crippen molar-refractivity contribution < 1.29 is 17.7 Å². The molecule has 21 heavy (non-hydrogen) atoms. The molecule has 7 heteroatoms. The first-order chi connectivity index (χ1) is 9.88. The summed E-state index contributed by atoms with van der Waals surface area (Å²) in [5, 5.41) is 5.43. The molecule has 0 saturated heterocycles. The number of aryl methyl sites for hydroxylation is 1. The van der Waals surface area contributed by atoms with Crippen molar-refractivity contribution in [1.82, 2.24) is 10.5 Å². The van der Waals surface area contributed by atoms with Crippen molar-refractivity contribution in [3.8, 4) is 0 Å². The van der Waals surface area contributed by atoms with Crippen LogP contribution in [0.2, 0.25) is 0 Å². The van der Waals surface area contributed by atoms with E-state index >= 15 is 0 Å². The summed E-state index contributed by atoms with van der Waals surface area (Å²) >= 11 is 0. The lowest BCUT2D eigenvalue weighted by Crippen LogP contribution is -2.44. The van der Waals surface area contributed by atoms with Gasteiger partial charge in [0.05, 0.1) is 5.69 Å². The van der Waals surface area contributed by atoms with E-state index in [1.807, 2.05) is 0 Å². The number of carbonyl (C=O) groups is 1. The molecular weight excluding hydrogens is 292 g/mol. The molecule has 1 unspecified atom stereocenters. The van der Waals surface area contributed by atoms with Gasteiger partial charge >= 0.3 is 0 Å². The highest BCUT2D eigenvalue weighted by Crippen LogP contribution is 2.18. The van der Waals surface area contributed by atoms with Gasteiger partial charge in [0.15, 0.2) is 15.6 Å². The minimum Gasteiger partial charge on any atom is -0.360 e. The second kappa shape index (κ2) is 6.60. The molecular formula is C14H22N2O4S. The van der Waals surface area contributed by atoms with Gasteiger partial charge in [-0.2, -0.15) is 0 Å². The van der Waals surface area contributed by atoms with Crippen molar-refractivity contribution >= 4 is 15.7 Å². The molecule has 0 aliphatic heterocycles. The van der Waals surface area contributed by atoms with Crippen molar-refractivity contribution in [2.24, 2.45) is 0 Å². The molecule has 1 saturated carbocycles. The van der Waals surface area contributed by atoms with Crippen LogP contribution in [-0.2, 0) is 20.4 Å². The van der Waals surface area contributed by atoms with E-state index < -0.39 is 21.0 Å². The normalized spacial score (nSPS) is 18.4. The molecule has 0 aromatic carbocycles. The molecule has 1 aromatic heterocycles. The summed E-state index contributed by atoms with van der Waals surface area (Å²) in [5.74, 6) is -0.449. The molecule has 6 nitrogen and oxygen atoms in total. The van der Waals surface area contributed by atoms with Gasteiger partial charge in [0.2, 0.25) is 5.91 Å². The van der Waals surface area contributed by atoms with Gasteiger partial charge in [0.1, 0.15) is 11.0 Å². The van der Waals surface area contributed by atoms with E-state index in [1.54, 1.807) is 13.0 Å². The fraction of sp³-hybridized carbons (Fsp3) is 0.714. The van der Waals surface area contributed by atoms with Gasteiger partial charge in [-0.15, -0.1) is 0 Å². The third kappa shape index (κ3) is 4.30. The molecule has 2 rings (SSSR count). The second-order valence-electron chi connectivity index (χ2n) is 5.73. The topological polar surface area (TPSA) is 89.3 Å². The average molecular weight is 314 g/mol.